The molecule has 0 spiro atoms. The minimum atomic E-state index is -2.96. The van der Waals surface area contributed by atoms with Crippen molar-refractivity contribution in [2.24, 2.45) is 11.8 Å². The molecule has 1 fully saturated rings. The number of aliphatic hydroxyl groups excluding tert-OH is 2. The second kappa shape index (κ2) is 12.5. The normalized spacial score (nSPS) is 24.4. The number of hydrogen-bond donors (Lipinski definition) is 3. The van der Waals surface area contributed by atoms with E-state index < -0.39 is 19.6 Å². The molecule has 0 saturated heterocycles. The van der Waals surface area contributed by atoms with Crippen LogP contribution in [0.3, 0.4) is 0 Å². The first kappa shape index (κ1) is 25.8. The molecule has 0 aliphatic heterocycles. The number of benzene rings is 1. The summed E-state index contributed by atoms with van der Waals surface area (Å²) in [5.74, 6) is 0.499. The second-order valence-corrected chi connectivity index (χ2v) is 11.4. The van der Waals surface area contributed by atoms with E-state index in [1.54, 1.807) is 0 Å². The summed E-state index contributed by atoms with van der Waals surface area (Å²) in [6.45, 7) is 3.78. The van der Waals surface area contributed by atoms with E-state index in [1.165, 1.54) is 6.66 Å². The third-order valence-electron chi connectivity index (χ3n) is 5.88. The molecule has 6 nitrogen and oxygen atoms in total. The third kappa shape index (κ3) is 9.69. The molecule has 1 aliphatic carbocycles. The van der Waals surface area contributed by atoms with Crippen molar-refractivity contribution < 1.29 is 29.2 Å². The van der Waals surface area contributed by atoms with Gasteiger partial charge in [0, 0.05) is 31.6 Å². The SMILES string of the molecule is Cc1cccc(OCC[C@H](O)CCC2C(O)CC(=O)C2C/C=C\CCCP(C)(=O)O)c1. The van der Waals surface area contributed by atoms with Crippen molar-refractivity contribution in [3.05, 3.63) is 42.0 Å². The van der Waals surface area contributed by atoms with Crippen molar-refractivity contribution in [2.45, 2.75) is 64.1 Å². The fraction of sp³-hybridized carbons (Fsp3) is 0.625. The lowest BCUT2D eigenvalue weighted by molar-refractivity contribution is -0.121. The molecule has 0 heterocycles. The molecule has 1 aromatic rings. The molecular weight excluding hydrogens is 415 g/mol. The van der Waals surface area contributed by atoms with E-state index in [9.17, 15) is 24.5 Å². The van der Waals surface area contributed by atoms with Crippen LogP contribution in [0.5, 0.6) is 5.75 Å². The summed E-state index contributed by atoms with van der Waals surface area (Å²) in [6, 6.07) is 7.78. The Bertz CT molecular complexity index is 771. The molecular formula is C24H37O6P. The maximum Gasteiger partial charge on any atom is 0.197 e. The van der Waals surface area contributed by atoms with E-state index in [1.807, 2.05) is 43.3 Å². The molecule has 4 unspecified atom stereocenters. The van der Waals surface area contributed by atoms with E-state index in [0.29, 0.717) is 51.3 Å². The Morgan fingerprint density at radius 3 is 2.77 bits per heavy atom. The Morgan fingerprint density at radius 1 is 1.29 bits per heavy atom. The number of carbonyl (C=O) groups excluding carboxylic acids is 1. The minimum absolute atomic E-state index is 0.0767. The predicted molar refractivity (Wildman–Crippen MR) is 123 cm³/mol. The summed E-state index contributed by atoms with van der Waals surface area (Å²) < 4.78 is 17.0. The van der Waals surface area contributed by atoms with Gasteiger partial charge < -0.3 is 19.8 Å². The van der Waals surface area contributed by atoms with Crippen molar-refractivity contribution in [3.63, 3.8) is 0 Å². The van der Waals surface area contributed by atoms with Crippen molar-refractivity contribution in [2.75, 3.05) is 19.4 Å². The van der Waals surface area contributed by atoms with Gasteiger partial charge in [-0.2, -0.15) is 0 Å². The van der Waals surface area contributed by atoms with Crippen LogP contribution in [0.15, 0.2) is 36.4 Å². The van der Waals surface area contributed by atoms with Crippen LogP contribution in [0.4, 0.5) is 0 Å². The van der Waals surface area contributed by atoms with Crippen LogP contribution in [0, 0.1) is 18.8 Å². The summed E-state index contributed by atoms with van der Waals surface area (Å²) >= 11 is 0. The number of unbranched alkanes of at least 4 members (excludes halogenated alkanes) is 1. The molecule has 31 heavy (non-hydrogen) atoms. The summed E-state index contributed by atoms with van der Waals surface area (Å²) in [5.41, 5.74) is 1.12. The van der Waals surface area contributed by atoms with Crippen LogP contribution in [0.25, 0.3) is 0 Å². The Kier molecular flexibility index (Phi) is 10.4. The molecule has 0 radical (unpaired) electrons. The zero-order chi connectivity index (χ0) is 22.9. The van der Waals surface area contributed by atoms with E-state index in [4.69, 9.17) is 4.74 Å². The molecule has 7 heteroatoms. The zero-order valence-corrected chi connectivity index (χ0v) is 19.5. The highest BCUT2D eigenvalue weighted by Crippen LogP contribution is 2.37. The summed E-state index contributed by atoms with van der Waals surface area (Å²) in [4.78, 5) is 21.6. The Morgan fingerprint density at radius 2 is 2.06 bits per heavy atom. The molecule has 1 saturated carbocycles. The number of ketones is 1. The first-order valence-electron chi connectivity index (χ1n) is 11.2. The van der Waals surface area contributed by atoms with Crippen molar-refractivity contribution >= 4 is 13.2 Å². The summed E-state index contributed by atoms with van der Waals surface area (Å²) in [6.07, 6.45) is 6.71. The van der Waals surface area contributed by atoms with Gasteiger partial charge in [-0.05, 0) is 62.6 Å². The summed E-state index contributed by atoms with van der Waals surface area (Å²) in [7, 11) is -2.96. The van der Waals surface area contributed by atoms with E-state index in [-0.39, 0.29) is 24.0 Å². The van der Waals surface area contributed by atoms with Gasteiger partial charge in [-0.25, -0.2) is 0 Å². The molecule has 0 amide bonds. The van der Waals surface area contributed by atoms with Crippen molar-refractivity contribution in [3.8, 4) is 5.75 Å². The van der Waals surface area contributed by atoms with Crippen LogP contribution in [0.2, 0.25) is 0 Å². The monoisotopic (exact) mass is 452 g/mol. The van der Waals surface area contributed by atoms with Crippen LogP contribution in [-0.4, -0.2) is 52.5 Å². The highest BCUT2D eigenvalue weighted by atomic mass is 31.2. The maximum atomic E-state index is 12.3. The highest BCUT2D eigenvalue weighted by molar-refractivity contribution is 7.57. The standard InChI is InChI=1S/C24H37O6P/c1-18-8-7-9-20(16-18)30-14-13-19(25)11-12-22-21(23(26)17-24(22)27)10-5-3-4-6-15-31(2,28)29/h3,5,7-9,16,19,21-22,24-25,27H,4,6,10-15,17H2,1-2H3,(H,28,29)/b5-3-/t19-,21?,22?,24?/m1/s1. The van der Waals surface area contributed by atoms with Gasteiger partial charge in [0.25, 0.3) is 0 Å². The fourth-order valence-corrected chi connectivity index (χ4v) is 4.90. The lowest BCUT2D eigenvalue weighted by Gasteiger charge is -2.21. The average molecular weight is 453 g/mol. The number of carbonyl (C=O) groups is 1. The quantitative estimate of drug-likeness (QED) is 0.237. The Balaban J connectivity index is 1.72. The lowest BCUT2D eigenvalue weighted by atomic mass is 9.86. The molecule has 0 aromatic heterocycles. The summed E-state index contributed by atoms with van der Waals surface area (Å²) in [5, 5.41) is 20.6. The van der Waals surface area contributed by atoms with Crippen LogP contribution >= 0.6 is 7.37 Å². The largest absolute Gasteiger partial charge is 0.493 e. The van der Waals surface area contributed by atoms with E-state index in [0.717, 1.165) is 11.3 Å². The van der Waals surface area contributed by atoms with Crippen molar-refractivity contribution in [1.29, 1.82) is 0 Å². The number of aryl methyl sites for hydroxylation is 1. The van der Waals surface area contributed by atoms with Crippen molar-refractivity contribution in [1.82, 2.24) is 0 Å². The lowest BCUT2D eigenvalue weighted by Crippen LogP contribution is -2.23. The molecule has 3 N–H and O–H groups in total. The zero-order valence-electron chi connectivity index (χ0n) is 18.7. The average Bonchev–Trinajstić information content (AvgIpc) is 2.94. The molecule has 174 valence electrons. The van der Waals surface area contributed by atoms with Gasteiger partial charge in [-0.1, -0.05) is 24.3 Å². The fourth-order valence-electron chi connectivity index (χ4n) is 4.13. The second-order valence-electron chi connectivity index (χ2n) is 8.82. The number of ether oxygens (including phenoxy) is 1. The van der Waals surface area contributed by atoms with E-state index in [2.05, 4.69) is 0 Å². The minimum Gasteiger partial charge on any atom is -0.493 e. The Labute approximate surface area is 185 Å². The predicted octanol–water partition coefficient (Wildman–Crippen LogP) is 4.10. The third-order valence-corrected chi connectivity index (χ3v) is 7.02. The highest BCUT2D eigenvalue weighted by Gasteiger charge is 2.40. The van der Waals surface area contributed by atoms with Gasteiger partial charge in [-0.3, -0.25) is 9.36 Å². The van der Waals surface area contributed by atoms with Gasteiger partial charge in [0.15, 0.2) is 7.37 Å². The number of rotatable bonds is 13. The topological polar surface area (TPSA) is 104 Å². The van der Waals surface area contributed by atoms with Gasteiger partial charge in [0.1, 0.15) is 11.5 Å². The number of hydrogen-bond acceptors (Lipinski definition) is 5. The smallest absolute Gasteiger partial charge is 0.197 e. The number of aliphatic hydroxyl groups is 2. The van der Waals surface area contributed by atoms with Crippen LogP contribution < -0.4 is 4.74 Å². The first-order chi connectivity index (χ1) is 14.7. The van der Waals surface area contributed by atoms with Gasteiger partial charge in [-0.15, -0.1) is 0 Å². The van der Waals surface area contributed by atoms with Crippen LogP contribution in [-0.2, 0) is 9.36 Å². The van der Waals surface area contributed by atoms with Crippen LogP contribution in [0.1, 0.15) is 50.5 Å². The molecule has 0 bridgehead atoms. The maximum absolute atomic E-state index is 12.3. The first-order valence-corrected chi connectivity index (χ1v) is 13.5. The molecule has 2 rings (SSSR count). The van der Waals surface area contributed by atoms with Gasteiger partial charge in [0.2, 0.25) is 0 Å². The number of allylic oxidation sites excluding steroid dienone is 2. The molecule has 1 aromatic carbocycles. The molecule has 5 atom stereocenters. The van der Waals surface area contributed by atoms with Gasteiger partial charge in [0.05, 0.1) is 18.8 Å². The molecule has 1 aliphatic rings. The van der Waals surface area contributed by atoms with Gasteiger partial charge >= 0.3 is 0 Å². The Hall–Kier alpha value is -1.46. The number of Topliss-reactive ketones (excluding diaryl/α,β-unsaturated/α-hetero) is 1. The van der Waals surface area contributed by atoms with E-state index >= 15 is 0 Å².